The average molecular weight is 397 g/mol. The third-order valence-electron chi connectivity index (χ3n) is 3.28. The summed E-state index contributed by atoms with van der Waals surface area (Å²) in [6.07, 6.45) is 3.64. The average Bonchev–Trinajstić information content (AvgIpc) is 3.04. The largest absolute Gasteiger partial charge is 0.496 e. The summed E-state index contributed by atoms with van der Waals surface area (Å²) < 4.78 is 13.3. The molecule has 3 rings (SSSR count). The van der Waals surface area contributed by atoms with Gasteiger partial charge in [0, 0.05) is 28.9 Å². The molecule has 0 aliphatic carbocycles. The summed E-state index contributed by atoms with van der Waals surface area (Å²) in [5.41, 5.74) is 1.58. The minimum atomic E-state index is -0.851. The van der Waals surface area contributed by atoms with Crippen LogP contribution in [0, 0.1) is 0 Å². The molecule has 0 radical (unpaired) electrons. The van der Waals surface area contributed by atoms with Crippen molar-refractivity contribution in [1.29, 1.82) is 0 Å². The fourth-order valence-corrected chi connectivity index (χ4v) is 3.72. The van der Waals surface area contributed by atoms with Crippen molar-refractivity contribution >= 4 is 38.2 Å². The molecule has 1 aromatic carbocycles. The van der Waals surface area contributed by atoms with Gasteiger partial charge < -0.3 is 14.6 Å². The number of nitrogens with zero attached hydrogens (tertiary/aromatic N) is 2. The number of benzene rings is 1. The molecule has 0 amide bonds. The molecule has 0 bridgehead atoms. The van der Waals surface area contributed by atoms with E-state index in [1.54, 1.807) is 26.5 Å². The van der Waals surface area contributed by atoms with Crippen molar-refractivity contribution in [3.05, 3.63) is 33.9 Å². The first kappa shape index (κ1) is 15.8. The number of methoxy groups -OCH3 is 2. The molecule has 0 fully saturated rings. The van der Waals surface area contributed by atoms with Crippen molar-refractivity contribution < 1.29 is 19.4 Å². The number of aliphatic carboxylic acids is 1. The third kappa shape index (κ3) is 3.04. The van der Waals surface area contributed by atoms with Crippen molar-refractivity contribution in [3.8, 4) is 22.8 Å². The van der Waals surface area contributed by atoms with Crippen LogP contribution in [0.1, 0.15) is 4.88 Å². The molecule has 8 heteroatoms. The Kier molecular flexibility index (Phi) is 4.27. The Bertz CT molecular complexity index is 856. The Morgan fingerprint density at radius 1 is 1.30 bits per heavy atom. The van der Waals surface area contributed by atoms with Gasteiger partial charge in [-0.15, -0.1) is 11.3 Å². The zero-order valence-corrected chi connectivity index (χ0v) is 14.8. The molecule has 0 spiro atoms. The highest BCUT2D eigenvalue weighted by molar-refractivity contribution is 9.10. The van der Waals surface area contributed by atoms with Gasteiger partial charge >= 0.3 is 5.97 Å². The first-order valence-corrected chi connectivity index (χ1v) is 8.24. The monoisotopic (exact) mass is 396 g/mol. The molecule has 0 aliphatic heterocycles. The van der Waals surface area contributed by atoms with Crippen LogP contribution in [0.4, 0.5) is 0 Å². The molecule has 0 saturated heterocycles. The number of ether oxygens (including phenoxy) is 2. The van der Waals surface area contributed by atoms with Crippen molar-refractivity contribution in [2.45, 2.75) is 6.42 Å². The van der Waals surface area contributed by atoms with Crippen molar-refractivity contribution in [3.63, 3.8) is 0 Å². The first-order valence-electron chi connectivity index (χ1n) is 6.63. The summed E-state index contributed by atoms with van der Waals surface area (Å²) in [5.74, 6) is 0.479. The summed E-state index contributed by atoms with van der Waals surface area (Å²) in [6, 6.07) is 3.69. The van der Waals surface area contributed by atoms with E-state index in [1.807, 2.05) is 16.7 Å². The van der Waals surface area contributed by atoms with Gasteiger partial charge in [-0.2, -0.15) is 0 Å². The van der Waals surface area contributed by atoms with Gasteiger partial charge in [0.2, 0.25) is 0 Å². The number of fused-ring (bicyclic) bond motifs is 1. The molecule has 120 valence electrons. The Morgan fingerprint density at radius 3 is 2.65 bits per heavy atom. The fraction of sp³-hybridized carbons (Fsp3) is 0.200. The Hall–Kier alpha value is -2.06. The van der Waals surface area contributed by atoms with Gasteiger partial charge in [-0.25, -0.2) is 4.98 Å². The number of halogens is 1. The summed E-state index contributed by atoms with van der Waals surface area (Å²) >= 11 is 4.82. The Balaban J connectivity index is 2.04. The molecule has 2 heterocycles. The number of aromatic nitrogens is 2. The van der Waals surface area contributed by atoms with Gasteiger partial charge in [0.1, 0.15) is 11.5 Å². The van der Waals surface area contributed by atoms with Crippen molar-refractivity contribution in [2.75, 3.05) is 14.2 Å². The molecule has 1 N–H and O–H groups in total. The van der Waals surface area contributed by atoms with Crippen LogP contribution in [0.5, 0.6) is 11.5 Å². The van der Waals surface area contributed by atoms with E-state index in [4.69, 9.17) is 14.6 Å². The van der Waals surface area contributed by atoms with Crippen LogP contribution in [-0.2, 0) is 11.2 Å². The van der Waals surface area contributed by atoms with Gasteiger partial charge in [-0.1, -0.05) is 0 Å². The van der Waals surface area contributed by atoms with Crippen LogP contribution < -0.4 is 9.47 Å². The van der Waals surface area contributed by atoms with Crippen LogP contribution >= 0.6 is 27.3 Å². The van der Waals surface area contributed by atoms with E-state index in [1.165, 1.54) is 11.3 Å². The molecular weight excluding hydrogens is 384 g/mol. The molecule has 6 nitrogen and oxygen atoms in total. The molecule has 0 unspecified atom stereocenters. The maximum Gasteiger partial charge on any atom is 0.308 e. The fourth-order valence-electron chi connectivity index (χ4n) is 2.26. The molecular formula is C15H13BrN2O4S. The van der Waals surface area contributed by atoms with Crippen LogP contribution in [0.25, 0.3) is 16.2 Å². The van der Waals surface area contributed by atoms with Crippen molar-refractivity contribution in [1.82, 2.24) is 9.38 Å². The topological polar surface area (TPSA) is 73.1 Å². The van der Waals surface area contributed by atoms with E-state index in [9.17, 15) is 4.79 Å². The van der Waals surface area contributed by atoms with Crippen LogP contribution in [-0.4, -0.2) is 34.7 Å². The normalized spacial score (nSPS) is 10.9. The molecule has 2 aromatic heterocycles. The number of thiazole rings is 1. The van der Waals surface area contributed by atoms with Crippen LogP contribution in [0.15, 0.2) is 29.0 Å². The molecule has 0 aliphatic rings. The SMILES string of the molecule is COc1cc(OC)c(-c2cn3cc(CC(=O)O)sc3n2)cc1Br. The highest BCUT2D eigenvalue weighted by Crippen LogP contribution is 2.38. The van der Waals surface area contributed by atoms with E-state index in [0.717, 1.165) is 25.6 Å². The number of carboxylic acid groups (broad SMARTS) is 1. The number of carboxylic acids is 1. The van der Waals surface area contributed by atoms with Crippen molar-refractivity contribution in [2.24, 2.45) is 0 Å². The third-order valence-corrected chi connectivity index (χ3v) is 4.90. The second kappa shape index (κ2) is 6.21. The predicted molar refractivity (Wildman–Crippen MR) is 90.6 cm³/mol. The summed E-state index contributed by atoms with van der Waals surface area (Å²) in [4.78, 5) is 16.8. The second-order valence-electron chi connectivity index (χ2n) is 4.77. The van der Waals surface area contributed by atoms with Gasteiger partial charge in [0.25, 0.3) is 0 Å². The molecule has 23 heavy (non-hydrogen) atoms. The van der Waals surface area contributed by atoms with E-state index in [0.29, 0.717) is 11.5 Å². The highest BCUT2D eigenvalue weighted by atomic mass is 79.9. The maximum atomic E-state index is 10.8. The second-order valence-corrected chi connectivity index (χ2v) is 6.72. The van der Waals surface area contributed by atoms with Gasteiger partial charge in [-0.3, -0.25) is 9.20 Å². The number of imidazole rings is 1. The summed E-state index contributed by atoms with van der Waals surface area (Å²) in [5, 5.41) is 8.85. The predicted octanol–water partition coefficient (Wildman–Crippen LogP) is 3.47. The lowest BCUT2D eigenvalue weighted by Gasteiger charge is -2.10. The number of carbonyl (C=O) groups is 1. The minimum Gasteiger partial charge on any atom is -0.496 e. The zero-order chi connectivity index (χ0) is 16.6. The number of hydrogen-bond donors (Lipinski definition) is 1. The van der Waals surface area contributed by atoms with E-state index >= 15 is 0 Å². The highest BCUT2D eigenvalue weighted by Gasteiger charge is 2.16. The Labute approximate surface area is 144 Å². The van der Waals surface area contributed by atoms with Gasteiger partial charge in [0.05, 0.1) is 30.8 Å². The summed E-state index contributed by atoms with van der Waals surface area (Å²) in [7, 11) is 3.19. The minimum absolute atomic E-state index is 0.000759. The summed E-state index contributed by atoms with van der Waals surface area (Å²) in [6.45, 7) is 0. The van der Waals surface area contributed by atoms with Gasteiger partial charge in [0.15, 0.2) is 4.96 Å². The lowest BCUT2D eigenvalue weighted by atomic mass is 10.1. The Morgan fingerprint density at radius 2 is 2.04 bits per heavy atom. The smallest absolute Gasteiger partial charge is 0.308 e. The lowest BCUT2D eigenvalue weighted by molar-refractivity contribution is -0.136. The van der Waals surface area contributed by atoms with Crippen LogP contribution in [0.2, 0.25) is 0 Å². The molecule has 0 atom stereocenters. The molecule has 3 aromatic rings. The first-order chi connectivity index (χ1) is 11.0. The van der Waals surface area contributed by atoms with E-state index < -0.39 is 5.97 Å². The quantitative estimate of drug-likeness (QED) is 0.714. The van der Waals surface area contributed by atoms with Gasteiger partial charge in [-0.05, 0) is 22.0 Å². The lowest BCUT2D eigenvalue weighted by Crippen LogP contribution is -1.97. The maximum absolute atomic E-state index is 10.8. The van der Waals surface area contributed by atoms with E-state index in [-0.39, 0.29) is 6.42 Å². The number of rotatable bonds is 5. The van der Waals surface area contributed by atoms with E-state index in [2.05, 4.69) is 20.9 Å². The zero-order valence-electron chi connectivity index (χ0n) is 12.4. The molecule has 0 saturated carbocycles. The number of hydrogen-bond acceptors (Lipinski definition) is 5. The van der Waals surface area contributed by atoms with Crippen LogP contribution in [0.3, 0.4) is 0 Å². The standard InChI is InChI=1S/C15H13BrN2O4S/c1-21-12-5-13(22-2)10(16)4-9(12)11-7-18-6-8(3-14(19)20)23-15(18)17-11/h4-7H,3H2,1-2H3,(H,19,20).